The number of nitrogens with one attached hydrogen (secondary N) is 1. The Balaban J connectivity index is 2.07. The number of benzene rings is 1. The first-order chi connectivity index (χ1) is 8.15. The third-order valence-corrected chi connectivity index (χ3v) is 2.64. The maximum Gasteiger partial charge on any atom is 0.131 e. The molecule has 0 unspecified atom stereocenters. The van der Waals surface area contributed by atoms with Crippen molar-refractivity contribution in [2.45, 2.75) is 6.54 Å². The molecule has 88 valence electrons. The summed E-state index contributed by atoms with van der Waals surface area (Å²) in [7, 11) is 0. The molecule has 1 aromatic heterocycles. The van der Waals surface area contributed by atoms with Crippen molar-refractivity contribution < 1.29 is 8.78 Å². The summed E-state index contributed by atoms with van der Waals surface area (Å²) in [5.74, 6) is -1.13. The van der Waals surface area contributed by atoms with Crippen LogP contribution in [0.5, 0.6) is 0 Å². The summed E-state index contributed by atoms with van der Waals surface area (Å²) in [6, 6.07) is 5.35. The lowest BCUT2D eigenvalue weighted by molar-refractivity contribution is 0.574. The van der Waals surface area contributed by atoms with E-state index in [-0.39, 0.29) is 6.54 Å². The fourth-order valence-electron chi connectivity index (χ4n) is 1.37. The Kier molecular flexibility index (Phi) is 3.68. The molecule has 0 bridgehead atoms. The monoisotopic (exact) mass is 298 g/mol. The van der Waals surface area contributed by atoms with E-state index in [4.69, 9.17) is 0 Å². The van der Waals surface area contributed by atoms with Crippen molar-refractivity contribution in [3.63, 3.8) is 0 Å². The molecular weight excluding hydrogens is 290 g/mol. The van der Waals surface area contributed by atoms with Gasteiger partial charge in [-0.15, -0.1) is 0 Å². The molecule has 2 aromatic rings. The average Bonchev–Trinajstić information content (AvgIpc) is 2.28. The number of anilines is 1. The maximum absolute atomic E-state index is 13.3. The van der Waals surface area contributed by atoms with Crippen LogP contribution < -0.4 is 5.32 Å². The summed E-state index contributed by atoms with van der Waals surface area (Å²) >= 11 is 3.29. The van der Waals surface area contributed by atoms with Crippen LogP contribution in [0.1, 0.15) is 5.56 Å². The van der Waals surface area contributed by atoms with Crippen LogP contribution in [-0.2, 0) is 6.54 Å². The van der Waals surface area contributed by atoms with Gasteiger partial charge in [-0.1, -0.05) is 6.07 Å². The summed E-state index contributed by atoms with van der Waals surface area (Å²) in [5, 5.41) is 3.01. The van der Waals surface area contributed by atoms with Crippen molar-refractivity contribution in [1.82, 2.24) is 4.98 Å². The van der Waals surface area contributed by atoms with E-state index < -0.39 is 11.6 Å². The van der Waals surface area contributed by atoms with E-state index in [9.17, 15) is 8.78 Å². The van der Waals surface area contributed by atoms with Gasteiger partial charge in [0.1, 0.15) is 11.6 Å². The van der Waals surface area contributed by atoms with Crippen LogP contribution in [0.15, 0.2) is 41.1 Å². The largest absolute Gasteiger partial charge is 0.380 e. The summed E-state index contributed by atoms with van der Waals surface area (Å²) < 4.78 is 26.8. The lowest BCUT2D eigenvalue weighted by Gasteiger charge is -2.07. The minimum atomic E-state index is -0.574. The normalized spacial score (nSPS) is 10.3. The molecule has 0 aliphatic rings. The summed E-state index contributed by atoms with van der Waals surface area (Å²) in [6.45, 7) is 0.282. The van der Waals surface area contributed by atoms with Crippen LogP contribution in [0.4, 0.5) is 14.5 Å². The van der Waals surface area contributed by atoms with Gasteiger partial charge in [0.2, 0.25) is 0 Å². The van der Waals surface area contributed by atoms with E-state index >= 15 is 0 Å². The second kappa shape index (κ2) is 5.23. The first kappa shape index (κ1) is 12.0. The molecule has 2 rings (SSSR count). The van der Waals surface area contributed by atoms with Crippen LogP contribution >= 0.6 is 15.9 Å². The Bertz CT molecular complexity index is 532. The van der Waals surface area contributed by atoms with E-state index in [1.165, 1.54) is 12.1 Å². The Morgan fingerprint density at radius 1 is 1.18 bits per heavy atom. The van der Waals surface area contributed by atoms with Gasteiger partial charge in [-0.3, -0.25) is 4.98 Å². The van der Waals surface area contributed by atoms with Crippen molar-refractivity contribution in [1.29, 1.82) is 0 Å². The molecule has 0 saturated heterocycles. The SMILES string of the molecule is Fc1ccc(CNc2cncc(Br)c2)c(F)c1. The van der Waals surface area contributed by atoms with Gasteiger partial charge in [-0.2, -0.15) is 0 Å². The molecule has 1 aromatic carbocycles. The third-order valence-electron chi connectivity index (χ3n) is 2.20. The highest BCUT2D eigenvalue weighted by Crippen LogP contribution is 2.16. The summed E-state index contributed by atoms with van der Waals surface area (Å²) in [4.78, 5) is 3.97. The molecule has 5 heteroatoms. The van der Waals surface area contributed by atoms with Crippen LogP contribution in [-0.4, -0.2) is 4.98 Å². The van der Waals surface area contributed by atoms with Gasteiger partial charge in [0.25, 0.3) is 0 Å². The molecule has 0 atom stereocenters. The molecule has 1 heterocycles. The van der Waals surface area contributed by atoms with Crippen molar-refractivity contribution in [3.8, 4) is 0 Å². The molecule has 1 N–H and O–H groups in total. The zero-order chi connectivity index (χ0) is 12.3. The van der Waals surface area contributed by atoms with Gasteiger partial charge in [-0.05, 0) is 28.1 Å². The molecule has 17 heavy (non-hydrogen) atoms. The number of pyridine rings is 1. The Morgan fingerprint density at radius 2 is 2.00 bits per heavy atom. The van der Waals surface area contributed by atoms with Crippen molar-refractivity contribution >= 4 is 21.6 Å². The molecule has 0 aliphatic heterocycles. The van der Waals surface area contributed by atoms with Crippen molar-refractivity contribution in [2.75, 3.05) is 5.32 Å². The van der Waals surface area contributed by atoms with E-state index in [1.807, 2.05) is 6.07 Å². The minimum absolute atomic E-state index is 0.282. The predicted molar refractivity (Wildman–Crippen MR) is 65.6 cm³/mol. The Hall–Kier alpha value is -1.49. The quantitative estimate of drug-likeness (QED) is 0.934. The summed E-state index contributed by atoms with van der Waals surface area (Å²) in [6.07, 6.45) is 3.29. The predicted octanol–water partition coefficient (Wildman–Crippen LogP) is 3.73. The summed E-state index contributed by atoms with van der Waals surface area (Å²) in [5.41, 5.74) is 1.18. The first-order valence-corrected chi connectivity index (χ1v) is 5.73. The molecule has 0 fully saturated rings. The number of rotatable bonds is 3. The highest BCUT2D eigenvalue weighted by molar-refractivity contribution is 9.10. The van der Waals surface area contributed by atoms with E-state index in [1.54, 1.807) is 12.4 Å². The first-order valence-electron chi connectivity index (χ1n) is 4.93. The Labute approximate surface area is 106 Å². The lowest BCUT2D eigenvalue weighted by Crippen LogP contribution is -2.02. The topological polar surface area (TPSA) is 24.9 Å². The van der Waals surface area contributed by atoms with E-state index in [2.05, 4.69) is 26.2 Å². The van der Waals surface area contributed by atoms with Gasteiger partial charge in [0.05, 0.1) is 11.9 Å². The second-order valence-corrected chi connectivity index (χ2v) is 4.40. The van der Waals surface area contributed by atoms with Gasteiger partial charge >= 0.3 is 0 Å². The van der Waals surface area contributed by atoms with E-state index in [0.717, 1.165) is 16.2 Å². The zero-order valence-corrected chi connectivity index (χ0v) is 10.3. The molecule has 0 radical (unpaired) electrons. The lowest BCUT2D eigenvalue weighted by atomic mass is 10.2. The minimum Gasteiger partial charge on any atom is -0.380 e. The number of nitrogens with zero attached hydrogens (tertiary/aromatic N) is 1. The molecule has 2 nitrogen and oxygen atoms in total. The number of hydrogen-bond donors (Lipinski definition) is 1. The Morgan fingerprint density at radius 3 is 2.71 bits per heavy atom. The molecule has 0 spiro atoms. The van der Waals surface area contributed by atoms with Crippen LogP contribution in [0.2, 0.25) is 0 Å². The maximum atomic E-state index is 13.3. The average molecular weight is 299 g/mol. The standard InChI is InChI=1S/C12H9BrF2N2/c13-9-3-11(7-16-6-9)17-5-8-1-2-10(14)4-12(8)15/h1-4,6-7,17H,5H2. The van der Waals surface area contributed by atoms with Gasteiger partial charge < -0.3 is 5.32 Å². The second-order valence-electron chi connectivity index (χ2n) is 3.48. The van der Waals surface area contributed by atoms with Gasteiger partial charge in [0.15, 0.2) is 0 Å². The smallest absolute Gasteiger partial charge is 0.131 e. The molecule has 0 amide bonds. The fourth-order valence-corrected chi connectivity index (χ4v) is 1.74. The van der Waals surface area contributed by atoms with Gasteiger partial charge in [0, 0.05) is 28.8 Å². The zero-order valence-electron chi connectivity index (χ0n) is 8.75. The van der Waals surface area contributed by atoms with Gasteiger partial charge in [-0.25, -0.2) is 8.78 Å². The third kappa shape index (κ3) is 3.23. The molecule has 0 aliphatic carbocycles. The van der Waals surface area contributed by atoms with Crippen molar-refractivity contribution in [2.24, 2.45) is 0 Å². The van der Waals surface area contributed by atoms with Crippen molar-refractivity contribution in [3.05, 3.63) is 58.3 Å². The highest BCUT2D eigenvalue weighted by Gasteiger charge is 2.03. The van der Waals surface area contributed by atoms with Crippen LogP contribution in [0, 0.1) is 11.6 Å². The fraction of sp³-hybridized carbons (Fsp3) is 0.0833. The number of hydrogen-bond acceptors (Lipinski definition) is 2. The van der Waals surface area contributed by atoms with Crippen LogP contribution in [0.3, 0.4) is 0 Å². The molecule has 0 saturated carbocycles. The number of aromatic nitrogens is 1. The van der Waals surface area contributed by atoms with Crippen LogP contribution in [0.25, 0.3) is 0 Å². The number of halogens is 3. The van der Waals surface area contributed by atoms with E-state index in [0.29, 0.717) is 5.56 Å². The highest BCUT2D eigenvalue weighted by atomic mass is 79.9. The molecular formula is C12H9BrF2N2.